The standard InChI is InChI=1S/C12H17N3O/c13-5-6-14-12(16)11-7-9-3-1-2-4-10(9)8-15-11/h1-4,11,15H,5-8,13H2,(H,14,16)/t11-/m1/s1. The van der Waals surface area contributed by atoms with Gasteiger partial charge in [-0.3, -0.25) is 4.79 Å². The number of benzene rings is 1. The van der Waals surface area contributed by atoms with E-state index in [1.54, 1.807) is 0 Å². The molecule has 16 heavy (non-hydrogen) atoms. The first-order valence-corrected chi connectivity index (χ1v) is 5.59. The van der Waals surface area contributed by atoms with Crippen molar-refractivity contribution in [2.24, 2.45) is 5.73 Å². The van der Waals surface area contributed by atoms with Crippen molar-refractivity contribution in [2.45, 2.75) is 19.0 Å². The van der Waals surface area contributed by atoms with Crippen LogP contribution in [0.15, 0.2) is 24.3 Å². The van der Waals surface area contributed by atoms with Crippen molar-refractivity contribution >= 4 is 5.91 Å². The van der Waals surface area contributed by atoms with E-state index in [1.165, 1.54) is 11.1 Å². The van der Waals surface area contributed by atoms with Gasteiger partial charge in [0.1, 0.15) is 0 Å². The SMILES string of the molecule is NCCNC(=O)[C@H]1Cc2ccccc2CN1. The molecule has 0 aromatic heterocycles. The number of nitrogens with one attached hydrogen (secondary N) is 2. The van der Waals surface area contributed by atoms with Crippen molar-refractivity contribution in [3.8, 4) is 0 Å². The summed E-state index contributed by atoms with van der Waals surface area (Å²) in [6.07, 6.45) is 0.757. The number of amides is 1. The smallest absolute Gasteiger partial charge is 0.237 e. The first-order chi connectivity index (χ1) is 7.81. The predicted octanol–water partition coefficient (Wildman–Crippen LogP) is -0.224. The normalized spacial score (nSPS) is 18.9. The number of hydrogen-bond donors (Lipinski definition) is 3. The molecule has 0 bridgehead atoms. The van der Waals surface area contributed by atoms with E-state index < -0.39 is 0 Å². The molecule has 4 nitrogen and oxygen atoms in total. The average Bonchev–Trinajstić information content (AvgIpc) is 2.35. The molecule has 1 aliphatic heterocycles. The van der Waals surface area contributed by atoms with Gasteiger partial charge in [0.05, 0.1) is 6.04 Å². The van der Waals surface area contributed by atoms with Crippen molar-refractivity contribution in [2.75, 3.05) is 13.1 Å². The maximum atomic E-state index is 11.7. The van der Waals surface area contributed by atoms with E-state index in [1.807, 2.05) is 12.1 Å². The zero-order valence-corrected chi connectivity index (χ0v) is 9.20. The van der Waals surface area contributed by atoms with Crippen LogP contribution in [0.2, 0.25) is 0 Å². The van der Waals surface area contributed by atoms with Crippen LogP contribution < -0.4 is 16.4 Å². The third kappa shape index (κ3) is 2.40. The predicted molar refractivity (Wildman–Crippen MR) is 62.8 cm³/mol. The van der Waals surface area contributed by atoms with Gasteiger partial charge < -0.3 is 16.4 Å². The van der Waals surface area contributed by atoms with Crippen LogP contribution in [-0.2, 0) is 17.8 Å². The van der Waals surface area contributed by atoms with Crippen molar-refractivity contribution < 1.29 is 4.79 Å². The summed E-state index contributed by atoms with van der Waals surface area (Å²) in [4.78, 5) is 11.7. The van der Waals surface area contributed by atoms with Crippen molar-refractivity contribution in [3.63, 3.8) is 0 Å². The lowest BCUT2D eigenvalue weighted by Crippen LogP contribution is -2.48. The molecule has 0 unspecified atom stereocenters. The monoisotopic (exact) mass is 219 g/mol. The lowest BCUT2D eigenvalue weighted by Gasteiger charge is -2.25. The van der Waals surface area contributed by atoms with Gasteiger partial charge in [0.25, 0.3) is 0 Å². The summed E-state index contributed by atoms with van der Waals surface area (Å²) in [5, 5.41) is 6.04. The fourth-order valence-electron chi connectivity index (χ4n) is 1.96. The molecule has 0 radical (unpaired) electrons. The van der Waals surface area contributed by atoms with E-state index in [2.05, 4.69) is 22.8 Å². The number of rotatable bonds is 3. The van der Waals surface area contributed by atoms with Crippen LogP contribution >= 0.6 is 0 Å². The van der Waals surface area contributed by atoms with Gasteiger partial charge in [-0.05, 0) is 17.5 Å². The Morgan fingerprint density at radius 2 is 2.19 bits per heavy atom. The molecular formula is C12H17N3O. The minimum absolute atomic E-state index is 0.0416. The fraction of sp³-hybridized carbons (Fsp3) is 0.417. The highest BCUT2D eigenvalue weighted by Gasteiger charge is 2.23. The van der Waals surface area contributed by atoms with E-state index >= 15 is 0 Å². The minimum atomic E-state index is -0.124. The maximum Gasteiger partial charge on any atom is 0.237 e. The Hall–Kier alpha value is -1.39. The van der Waals surface area contributed by atoms with Gasteiger partial charge in [-0.25, -0.2) is 0 Å². The molecular weight excluding hydrogens is 202 g/mol. The van der Waals surface area contributed by atoms with E-state index in [0.717, 1.165) is 13.0 Å². The molecule has 2 rings (SSSR count). The zero-order valence-electron chi connectivity index (χ0n) is 9.20. The van der Waals surface area contributed by atoms with Crippen molar-refractivity contribution in [3.05, 3.63) is 35.4 Å². The largest absolute Gasteiger partial charge is 0.353 e. The van der Waals surface area contributed by atoms with E-state index in [-0.39, 0.29) is 11.9 Å². The Kier molecular flexibility index (Phi) is 3.54. The van der Waals surface area contributed by atoms with Gasteiger partial charge in [-0.15, -0.1) is 0 Å². The average molecular weight is 219 g/mol. The molecule has 1 aromatic carbocycles. The minimum Gasteiger partial charge on any atom is -0.353 e. The molecule has 4 heteroatoms. The zero-order chi connectivity index (χ0) is 11.4. The summed E-state index contributed by atoms with van der Waals surface area (Å²) in [6, 6.07) is 8.09. The van der Waals surface area contributed by atoms with Crippen LogP contribution in [0.1, 0.15) is 11.1 Å². The summed E-state index contributed by atoms with van der Waals surface area (Å²) >= 11 is 0. The lowest BCUT2D eigenvalue weighted by molar-refractivity contribution is -0.123. The van der Waals surface area contributed by atoms with Gasteiger partial charge in [0, 0.05) is 19.6 Å². The second-order valence-corrected chi connectivity index (χ2v) is 3.99. The summed E-state index contributed by atoms with van der Waals surface area (Å²) < 4.78 is 0. The molecule has 1 amide bonds. The summed E-state index contributed by atoms with van der Waals surface area (Å²) in [6.45, 7) is 1.78. The Morgan fingerprint density at radius 3 is 2.94 bits per heavy atom. The number of hydrogen-bond acceptors (Lipinski definition) is 3. The second-order valence-electron chi connectivity index (χ2n) is 3.99. The molecule has 0 spiro atoms. The Balaban J connectivity index is 1.99. The molecule has 0 aliphatic carbocycles. The topological polar surface area (TPSA) is 67.1 Å². The molecule has 1 aromatic rings. The van der Waals surface area contributed by atoms with E-state index in [9.17, 15) is 4.79 Å². The molecule has 86 valence electrons. The molecule has 0 saturated heterocycles. The molecule has 4 N–H and O–H groups in total. The quantitative estimate of drug-likeness (QED) is 0.658. The van der Waals surface area contributed by atoms with Crippen molar-refractivity contribution in [1.82, 2.24) is 10.6 Å². The highest BCUT2D eigenvalue weighted by Crippen LogP contribution is 2.15. The number of carbonyl (C=O) groups is 1. The van der Waals surface area contributed by atoms with Crippen LogP contribution in [0, 0.1) is 0 Å². The summed E-state index contributed by atoms with van der Waals surface area (Å²) in [5.74, 6) is 0.0416. The first kappa shape index (κ1) is 11.1. The molecule has 0 saturated carbocycles. The van der Waals surface area contributed by atoms with Crippen LogP contribution in [-0.4, -0.2) is 25.0 Å². The van der Waals surface area contributed by atoms with Gasteiger partial charge in [0.2, 0.25) is 5.91 Å². The highest BCUT2D eigenvalue weighted by molar-refractivity contribution is 5.82. The van der Waals surface area contributed by atoms with Gasteiger partial charge in [0.15, 0.2) is 0 Å². The van der Waals surface area contributed by atoms with Gasteiger partial charge in [-0.2, -0.15) is 0 Å². The Morgan fingerprint density at radius 1 is 1.44 bits per heavy atom. The molecule has 0 fully saturated rings. The maximum absolute atomic E-state index is 11.7. The summed E-state index contributed by atoms with van der Waals surface area (Å²) in [5.41, 5.74) is 7.89. The van der Waals surface area contributed by atoms with Crippen LogP contribution in [0.5, 0.6) is 0 Å². The number of carbonyl (C=O) groups excluding carboxylic acids is 1. The third-order valence-electron chi connectivity index (χ3n) is 2.84. The van der Waals surface area contributed by atoms with Gasteiger partial charge in [-0.1, -0.05) is 24.3 Å². The highest BCUT2D eigenvalue weighted by atomic mass is 16.2. The van der Waals surface area contributed by atoms with E-state index in [0.29, 0.717) is 13.1 Å². The van der Waals surface area contributed by atoms with Gasteiger partial charge >= 0.3 is 0 Å². The fourth-order valence-corrected chi connectivity index (χ4v) is 1.96. The first-order valence-electron chi connectivity index (χ1n) is 5.59. The lowest BCUT2D eigenvalue weighted by atomic mass is 9.95. The Labute approximate surface area is 95.2 Å². The number of fused-ring (bicyclic) bond motifs is 1. The van der Waals surface area contributed by atoms with E-state index in [4.69, 9.17) is 5.73 Å². The number of nitrogens with two attached hydrogens (primary N) is 1. The Bertz CT molecular complexity index is 378. The molecule has 1 atom stereocenters. The van der Waals surface area contributed by atoms with Crippen molar-refractivity contribution in [1.29, 1.82) is 0 Å². The third-order valence-corrected chi connectivity index (χ3v) is 2.84. The van der Waals surface area contributed by atoms with Crippen LogP contribution in [0.4, 0.5) is 0 Å². The van der Waals surface area contributed by atoms with Crippen LogP contribution in [0.3, 0.4) is 0 Å². The molecule has 1 aliphatic rings. The second kappa shape index (κ2) is 5.09. The van der Waals surface area contributed by atoms with Crippen LogP contribution in [0.25, 0.3) is 0 Å². The molecule has 1 heterocycles. The summed E-state index contributed by atoms with van der Waals surface area (Å²) in [7, 11) is 0.